The Morgan fingerprint density at radius 1 is 1.32 bits per heavy atom. The first-order valence-corrected chi connectivity index (χ1v) is 6.93. The van der Waals surface area contributed by atoms with Gasteiger partial charge < -0.3 is 15.2 Å². The van der Waals surface area contributed by atoms with Crippen LogP contribution in [0.4, 0.5) is 10.1 Å². The SMILES string of the molecule is COC(=O)c1ccc(F)c(CNc2cc(CO)ccc2Cl)c1. The standard InChI is InChI=1S/C16H15ClFNO3/c1-22-16(21)11-3-5-14(18)12(7-11)8-19-15-6-10(9-20)2-4-13(15)17/h2-7,19-20H,8-9H2,1H3. The van der Waals surface area contributed by atoms with Crippen LogP contribution in [0, 0.1) is 5.82 Å². The summed E-state index contributed by atoms with van der Waals surface area (Å²) >= 11 is 6.05. The summed E-state index contributed by atoms with van der Waals surface area (Å²) in [5.41, 5.74) is 1.86. The van der Waals surface area contributed by atoms with E-state index in [-0.39, 0.29) is 18.7 Å². The molecule has 0 spiro atoms. The predicted octanol–water partition coefficient (Wildman–Crippen LogP) is 3.37. The highest BCUT2D eigenvalue weighted by Crippen LogP contribution is 2.24. The molecule has 0 bridgehead atoms. The number of halogens is 2. The van der Waals surface area contributed by atoms with Gasteiger partial charge in [0.15, 0.2) is 0 Å². The molecule has 0 aliphatic rings. The first-order valence-electron chi connectivity index (χ1n) is 6.55. The Balaban J connectivity index is 2.19. The number of hydrogen-bond donors (Lipinski definition) is 2. The average Bonchev–Trinajstić information content (AvgIpc) is 2.54. The van der Waals surface area contributed by atoms with E-state index in [1.807, 2.05) is 0 Å². The molecule has 0 aliphatic carbocycles. The van der Waals surface area contributed by atoms with Crippen molar-refractivity contribution in [1.29, 1.82) is 0 Å². The second-order valence-electron chi connectivity index (χ2n) is 4.62. The van der Waals surface area contributed by atoms with Crippen molar-refractivity contribution in [3.63, 3.8) is 0 Å². The second-order valence-corrected chi connectivity index (χ2v) is 5.03. The quantitative estimate of drug-likeness (QED) is 0.828. The predicted molar refractivity (Wildman–Crippen MR) is 82.4 cm³/mol. The topological polar surface area (TPSA) is 58.6 Å². The minimum atomic E-state index is -0.526. The molecule has 2 aromatic rings. The third-order valence-corrected chi connectivity index (χ3v) is 3.48. The molecule has 0 aromatic heterocycles. The van der Waals surface area contributed by atoms with Gasteiger partial charge in [0.25, 0.3) is 0 Å². The summed E-state index contributed by atoms with van der Waals surface area (Å²) in [6.07, 6.45) is 0. The molecule has 0 heterocycles. The third kappa shape index (κ3) is 3.75. The smallest absolute Gasteiger partial charge is 0.337 e. The summed E-state index contributed by atoms with van der Waals surface area (Å²) in [6.45, 7) is 0.0311. The van der Waals surface area contributed by atoms with Gasteiger partial charge in [0.1, 0.15) is 5.82 Å². The molecule has 0 unspecified atom stereocenters. The average molecular weight is 324 g/mol. The van der Waals surface area contributed by atoms with Crippen LogP contribution in [0.25, 0.3) is 0 Å². The second kappa shape index (κ2) is 7.24. The Morgan fingerprint density at radius 2 is 2.09 bits per heavy atom. The Labute approximate surface area is 132 Å². The van der Waals surface area contributed by atoms with Crippen LogP contribution in [0.15, 0.2) is 36.4 Å². The van der Waals surface area contributed by atoms with E-state index in [1.165, 1.54) is 25.3 Å². The Morgan fingerprint density at radius 3 is 2.77 bits per heavy atom. The monoisotopic (exact) mass is 323 g/mol. The largest absolute Gasteiger partial charge is 0.465 e. The van der Waals surface area contributed by atoms with Gasteiger partial charge in [-0.15, -0.1) is 0 Å². The number of benzene rings is 2. The van der Waals surface area contributed by atoms with E-state index in [0.717, 1.165) is 0 Å². The highest BCUT2D eigenvalue weighted by Gasteiger charge is 2.10. The van der Waals surface area contributed by atoms with E-state index in [9.17, 15) is 9.18 Å². The number of nitrogens with one attached hydrogen (secondary N) is 1. The van der Waals surface area contributed by atoms with Crippen LogP contribution >= 0.6 is 11.6 Å². The van der Waals surface area contributed by atoms with Gasteiger partial charge in [0, 0.05) is 12.1 Å². The van der Waals surface area contributed by atoms with Gasteiger partial charge in [0.05, 0.1) is 30.0 Å². The molecule has 2 N–H and O–H groups in total. The van der Waals surface area contributed by atoms with Gasteiger partial charge in [-0.25, -0.2) is 9.18 Å². The van der Waals surface area contributed by atoms with Crippen molar-refractivity contribution in [2.24, 2.45) is 0 Å². The van der Waals surface area contributed by atoms with E-state index in [4.69, 9.17) is 16.7 Å². The lowest BCUT2D eigenvalue weighted by Gasteiger charge is -2.11. The van der Waals surface area contributed by atoms with Crippen molar-refractivity contribution in [3.8, 4) is 0 Å². The maximum Gasteiger partial charge on any atom is 0.337 e. The third-order valence-electron chi connectivity index (χ3n) is 3.15. The number of hydrogen-bond acceptors (Lipinski definition) is 4. The summed E-state index contributed by atoms with van der Waals surface area (Å²) in [6, 6.07) is 9.05. The lowest BCUT2D eigenvalue weighted by atomic mass is 10.1. The molecule has 2 rings (SSSR count). The summed E-state index contributed by atoms with van der Waals surface area (Å²) in [5.74, 6) is -0.962. The fourth-order valence-electron chi connectivity index (χ4n) is 1.95. The summed E-state index contributed by atoms with van der Waals surface area (Å²) < 4.78 is 18.4. The highest BCUT2D eigenvalue weighted by atomic mass is 35.5. The first-order chi connectivity index (χ1) is 10.5. The molecule has 22 heavy (non-hydrogen) atoms. The van der Waals surface area contributed by atoms with Gasteiger partial charge >= 0.3 is 5.97 Å². The Hall–Kier alpha value is -2.11. The first kappa shape index (κ1) is 16.3. The molecule has 0 saturated heterocycles. The number of esters is 1. The van der Waals surface area contributed by atoms with Crippen LogP contribution in [0.5, 0.6) is 0 Å². The number of aliphatic hydroxyl groups is 1. The van der Waals surface area contributed by atoms with Gasteiger partial charge in [-0.1, -0.05) is 17.7 Å². The molecule has 0 amide bonds. The normalized spacial score (nSPS) is 10.4. The van der Waals surface area contributed by atoms with E-state index in [1.54, 1.807) is 18.2 Å². The van der Waals surface area contributed by atoms with Gasteiger partial charge in [-0.05, 0) is 35.9 Å². The minimum absolute atomic E-state index is 0.113. The van der Waals surface area contributed by atoms with Crippen molar-refractivity contribution < 1.29 is 19.0 Å². The van der Waals surface area contributed by atoms with E-state index in [2.05, 4.69) is 10.1 Å². The van der Waals surface area contributed by atoms with Crippen LogP contribution in [0.3, 0.4) is 0 Å². The zero-order valence-corrected chi connectivity index (χ0v) is 12.7. The number of methoxy groups -OCH3 is 1. The molecule has 0 atom stereocenters. The fourth-order valence-corrected chi connectivity index (χ4v) is 2.14. The van der Waals surface area contributed by atoms with E-state index in [0.29, 0.717) is 21.8 Å². The van der Waals surface area contributed by atoms with E-state index >= 15 is 0 Å². The zero-order valence-electron chi connectivity index (χ0n) is 11.9. The molecular weight excluding hydrogens is 309 g/mol. The van der Waals surface area contributed by atoms with Crippen LogP contribution in [0.1, 0.15) is 21.5 Å². The molecule has 6 heteroatoms. The number of ether oxygens (including phenoxy) is 1. The van der Waals surface area contributed by atoms with Crippen LogP contribution in [-0.2, 0) is 17.9 Å². The summed E-state index contributed by atoms with van der Waals surface area (Å²) in [5, 5.41) is 12.6. The van der Waals surface area contributed by atoms with Crippen LogP contribution < -0.4 is 5.32 Å². The van der Waals surface area contributed by atoms with Gasteiger partial charge in [0.2, 0.25) is 0 Å². The number of carbonyl (C=O) groups excluding carboxylic acids is 1. The van der Waals surface area contributed by atoms with Crippen molar-refractivity contribution in [1.82, 2.24) is 0 Å². The summed E-state index contributed by atoms with van der Waals surface area (Å²) in [7, 11) is 1.27. The highest BCUT2D eigenvalue weighted by molar-refractivity contribution is 6.33. The van der Waals surface area contributed by atoms with Crippen molar-refractivity contribution >= 4 is 23.3 Å². The number of anilines is 1. The molecule has 116 valence electrons. The molecule has 0 aliphatic heterocycles. The maximum absolute atomic E-state index is 13.8. The van der Waals surface area contributed by atoms with Gasteiger partial charge in [-0.3, -0.25) is 0 Å². The lowest BCUT2D eigenvalue weighted by Crippen LogP contribution is -2.07. The number of rotatable bonds is 5. The minimum Gasteiger partial charge on any atom is -0.465 e. The molecule has 0 fully saturated rings. The number of aliphatic hydroxyl groups excluding tert-OH is 1. The summed E-state index contributed by atoms with van der Waals surface area (Å²) in [4.78, 5) is 11.5. The molecular formula is C16H15ClFNO3. The van der Waals surface area contributed by atoms with E-state index < -0.39 is 11.8 Å². The van der Waals surface area contributed by atoms with Crippen LogP contribution in [-0.4, -0.2) is 18.2 Å². The van der Waals surface area contributed by atoms with Gasteiger partial charge in [-0.2, -0.15) is 0 Å². The lowest BCUT2D eigenvalue weighted by molar-refractivity contribution is 0.0600. The fraction of sp³-hybridized carbons (Fsp3) is 0.188. The number of carbonyl (C=O) groups is 1. The van der Waals surface area contributed by atoms with Crippen LogP contribution in [0.2, 0.25) is 5.02 Å². The molecule has 0 saturated carbocycles. The molecule has 0 radical (unpaired) electrons. The molecule has 2 aromatic carbocycles. The Bertz CT molecular complexity index is 691. The molecule has 4 nitrogen and oxygen atoms in total. The maximum atomic E-state index is 13.8. The Kier molecular flexibility index (Phi) is 5.35. The zero-order chi connectivity index (χ0) is 16.1. The van der Waals surface area contributed by atoms with Crippen molar-refractivity contribution in [2.75, 3.05) is 12.4 Å². The van der Waals surface area contributed by atoms with Crippen molar-refractivity contribution in [2.45, 2.75) is 13.2 Å². The van der Waals surface area contributed by atoms with Crippen molar-refractivity contribution in [3.05, 3.63) is 63.9 Å².